The summed E-state index contributed by atoms with van der Waals surface area (Å²) in [6.07, 6.45) is 1.42. The first kappa shape index (κ1) is 20.9. The molecule has 0 fully saturated rings. The molecule has 0 spiro atoms. The molecule has 0 aliphatic heterocycles. The van der Waals surface area contributed by atoms with Gasteiger partial charge in [-0.15, -0.1) is 0 Å². The predicted molar refractivity (Wildman–Crippen MR) is 107 cm³/mol. The van der Waals surface area contributed by atoms with Crippen molar-refractivity contribution in [2.24, 2.45) is 0 Å². The molecule has 0 bridgehead atoms. The van der Waals surface area contributed by atoms with Crippen molar-refractivity contribution in [3.05, 3.63) is 84.0 Å². The molecule has 27 heavy (non-hydrogen) atoms. The Morgan fingerprint density at radius 2 is 1.74 bits per heavy atom. The third-order valence-electron chi connectivity index (χ3n) is 3.80. The molecule has 0 aliphatic carbocycles. The Kier molecular flexibility index (Phi) is 6.96. The van der Waals surface area contributed by atoms with Gasteiger partial charge in [0.05, 0.1) is 23.6 Å². The number of nitrogens with one attached hydrogen (secondary N) is 1. The van der Waals surface area contributed by atoms with Gasteiger partial charge in [0.2, 0.25) is 10.0 Å². The summed E-state index contributed by atoms with van der Waals surface area (Å²) >= 11 is 6.32. The highest BCUT2D eigenvalue weighted by Gasteiger charge is 2.25. The summed E-state index contributed by atoms with van der Waals surface area (Å²) in [4.78, 5) is 12.0. The largest absolute Gasteiger partial charge is 0.466 e. The van der Waals surface area contributed by atoms with Crippen molar-refractivity contribution in [1.82, 2.24) is 4.72 Å². The molecule has 0 aromatic heterocycles. The molecular weight excluding hydrogens is 386 g/mol. The van der Waals surface area contributed by atoms with Crippen molar-refractivity contribution in [2.75, 3.05) is 7.11 Å². The fourth-order valence-electron chi connectivity index (χ4n) is 2.26. The Morgan fingerprint density at radius 1 is 1.15 bits per heavy atom. The number of sulfonamides is 1. The zero-order chi connectivity index (χ0) is 20.0. The van der Waals surface area contributed by atoms with Gasteiger partial charge < -0.3 is 4.74 Å². The average molecular weight is 406 g/mol. The zero-order valence-corrected chi connectivity index (χ0v) is 16.5. The van der Waals surface area contributed by atoms with Crippen LogP contribution >= 0.6 is 11.6 Å². The lowest BCUT2D eigenvalue weighted by atomic mass is 10.1. The van der Waals surface area contributed by atoms with Crippen LogP contribution < -0.4 is 4.72 Å². The highest BCUT2D eigenvalue weighted by atomic mass is 35.5. The third-order valence-corrected chi connectivity index (χ3v) is 5.60. The molecule has 2 rings (SSSR count). The number of esters is 1. The van der Waals surface area contributed by atoms with E-state index in [1.165, 1.54) is 25.3 Å². The molecule has 2 aromatic rings. The Balaban J connectivity index is 2.39. The highest BCUT2D eigenvalue weighted by Crippen LogP contribution is 2.22. The number of methoxy groups -OCH3 is 1. The van der Waals surface area contributed by atoms with Crippen LogP contribution in [-0.4, -0.2) is 27.5 Å². The quantitative estimate of drug-likeness (QED) is 0.563. The minimum atomic E-state index is -3.91. The average Bonchev–Trinajstić information content (AvgIpc) is 2.67. The number of ether oxygens (including phenoxy) is 1. The van der Waals surface area contributed by atoms with Gasteiger partial charge in [0.15, 0.2) is 0 Å². The maximum atomic E-state index is 12.7. The van der Waals surface area contributed by atoms with Gasteiger partial charge in [0.1, 0.15) is 0 Å². The van der Waals surface area contributed by atoms with E-state index in [0.717, 1.165) is 5.56 Å². The maximum absolute atomic E-state index is 12.7. The van der Waals surface area contributed by atoms with Crippen molar-refractivity contribution in [3.63, 3.8) is 0 Å². The summed E-state index contributed by atoms with van der Waals surface area (Å²) in [6.45, 7) is 5.52. The monoisotopic (exact) mass is 405 g/mol. The van der Waals surface area contributed by atoms with Crippen LogP contribution in [0.1, 0.15) is 11.1 Å². The van der Waals surface area contributed by atoms with Crippen molar-refractivity contribution in [3.8, 4) is 0 Å². The minimum Gasteiger partial charge on any atom is -0.466 e. The molecule has 1 N–H and O–H groups in total. The smallest absolute Gasteiger partial charge is 0.335 e. The third kappa shape index (κ3) is 5.53. The van der Waals surface area contributed by atoms with Crippen LogP contribution in [0.5, 0.6) is 0 Å². The molecule has 1 atom stereocenters. The summed E-state index contributed by atoms with van der Waals surface area (Å²) in [7, 11) is -2.72. The Labute approximate surface area is 164 Å². The maximum Gasteiger partial charge on any atom is 0.335 e. The Morgan fingerprint density at radius 3 is 2.30 bits per heavy atom. The molecule has 2 aromatic carbocycles. The number of hydrogen-bond acceptors (Lipinski definition) is 4. The molecule has 5 nitrogen and oxygen atoms in total. The molecule has 0 saturated heterocycles. The predicted octanol–water partition coefficient (Wildman–Crippen LogP) is 3.65. The van der Waals surface area contributed by atoms with Crippen molar-refractivity contribution in [1.29, 1.82) is 0 Å². The van der Waals surface area contributed by atoms with E-state index in [2.05, 4.69) is 16.0 Å². The second-order valence-corrected chi connectivity index (χ2v) is 7.93. The Bertz CT molecular complexity index is 951. The van der Waals surface area contributed by atoms with Crippen molar-refractivity contribution in [2.45, 2.75) is 17.9 Å². The number of hydrogen-bond donors (Lipinski definition) is 1. The molecule has 0 aliphatic rings. The molecule has 0 heterocycles. The number of carbonyl (C=O) groups is 1. The Hall–Kier alpha value is -2.41. The first-order valence-corrected chi connectivity index (χ1v) is 9.89. The summed E-state index contributed by atoms with van der Waals surface area (Å²) in [5.41, 5.74) is 1.52. The lowest BCUT2D eigenvalue weighted by molar-refractivity contribution is -0.136. The van der Waals surface area contributed by atoms with Crippen LogP contribution in [-0.2, 0) is 19.6 Å². The molecular formula is C20H20ClNO4S. The number of aryl methyl sites for hydroxylation is 1. The van der Waals surface area contributed by atoms with Gasteiger partial charge in [-0.3, -0.25) is 0 Å². The van der Waals surface area contributed by atoms with E-state index in [1.807, 2.05) is 13.0 Å². The summed E-state index contributed by atoms with van der Waals surface area (Å²) in [5, 5.41) is 0.275. The lowest BCUT2D eigenvalue weighted by Gasteiger charge is -2.17. The van der Waals surface area contributed by atoms with Crippen molar-refractivity contribution < 1.29 is 17.9 Å². The van der Waals surface area contributed by atoms with Gasteiger partial charge in [-0.05, 0) is 30.7 Å². The number of halogens is 1. The number of carbonyl (C=O) groups excluding carboxylic acids is 1. The van der Waals surface area contributed by atoms with Crippen LogP contribution in [0.15, 0.2) is 77.7 Å². The van der Waals surface area contributed by atoms with Crippen LogP contribution in [0.2, 0.25) is 0 Å². The number of benzene rings is 2. The second kappa shape index (κ2) is 8.99. The van der Waals surface area contributed by atoms with Gasteiger partial charge >= 0.3 is 5.97 Å². The molecule has 0 radical (unpaired) electrons. The first-order chi connectivity index (χ1) is 12.7. The van der Waals surface area contributed by atoms with E-state index in [-0.39, 0.29) is 15.5 Å². The number of rotatable bonds is 7. The molecule has 7 heteroatoms. The molecule has 0 saturated carbocycles. The highest BCUT2D eigenvalue weighted by molar-refractivity contribution is 7.89. The van der Waals surface area contributed by atoms with E-state index in [1.54, 1.807) is 36.4 Å². The fourth-order valence-corrected chi connectivity index (χ4v) is 3.68. The minimum absolute atomic E-state index is 0.0694. The zero-order valence-electron chi connectivity index (χ0n) is 15.0. The summed E-state index contributed by atoms with van der Waals surface area (Å²) < 4.78 is 32.5. The SMILES string of the molecule is C=C(C(=O)OC)C(/C=C(\Cl)c1ccccc1)NS(=O)(=O)c1ccc(C)cc1. The van der Waals surface area contributed by atoms with Crippen LogP contribution in [0.25, 0.3) is 5.03 Å². The van der Waals surface area contributed by atoms with Gasteiger partial charge in [0.25, 0.3) is 0 Å². The topological polar surface area (TPSA) is 72.5 Å². The van der Waals surface area contributed by atoms with Gasteiger partial charge in [-0.2, -0.15) is 4.72 Å². The van der Waals surface area contributed by atoms with Crippen molar-refractivity contribution >= 4 is 32.6 Å². The van der Waals surface area contributed by atoms with E-state index in [9.17, 15) is 13.2 Å². The fraction of sp³-hybridized carbons (Fsp3) is 0.150. The van der Waals surface area contributed by atoms with Gasteiger partial charge in [0, 0.05) is 5.03 Å². The van der Waals surface area contributed by atoms with E-state index < -0.39 is 22.0 Å². The molecule has 142 valence electrons. The van der Waals surface area contributed by atoms with E-state index in [4.69, 9.17) is 11.6 Å². The summed E-state index contributed by atoms with van der Waals surface area (Å²) in [5.74, 6) is -0.736. The normalized spacial score (nSPS) is 13.1. The van der Waals surface area contributed by atoms with Gasteiger partial charge in [-0.1, -0.05) is 66.2 Å². The molecule has 1 unspecified atom stereocenters. The van der Waals surface area contributed by atoms with E-state index >= 15 is 0 Å². The molecule has 0 amide bonds. The van der Waals surface area contributed by atoms with Gasteiger partial charge in [-0.25, -0.2) is 13.2 Å². The van der Waals surface area contributed by atoms with Crippen LogP contribution in [0.4, 0.5) is 0 Å². The summed E-state index contributed by atoms with van der Waals surface area (Å²) in [6, 6.07) is 14.2. The van der Waals surface area contributed by atoms with E-state index in [0.29, 0.717) is 5.56 Å². The lowest BCUT2D eigenvalue weighted by Crippen LogP contribution is -2.37. The second-order valence-electron chi connectivity index (χ2n) is 5.81. The van der Waals surface area contributed by atoms with Crippen LogP contribution in [0, 0.1) is 6.92 Å². The van der Waals surface area contributed by atoms with Crippen LogP contribution in [0.3, 0.4) is 0 Å². The standard InChI is InChI=1S/C20H20ClNO4S/c1-14-9-11-17(12-10-14)27(24,25)22-19(15(2)20(23)26-3)13-18(21)16-7-5-4-6-8-16/h4-13,19,22H,2H2,1,3H3/b18-13-. The first-order valence-electron chi connectivity index (χ1n) is 8.03.